The van der Waals surface area contributed by atoms with Gasteiger partial charge in [-0.1, -0.05) is 19.1 Å². The molecule has 1 heterocycles. The minimum absolute atomic E-state index is 0.340. The molecule has 0 bridgehead atoms. The van der Waals surface area contributed by atoms with E-state index < -0.39 is 17.3 Å². The summed E-state index contributed by atoms with van der Waals surface area (Å²) in [5.74, 6) is -2.24. The fourth-order valence-electron chi connectivity index (χ4n) is 1.60. The van der Waals surface area contributed by atoms with Crippen molar-refractivity contribution in [1.29, 1.82) is 0 Å². The third kappa shape index (κ3) is 2.88. The number of pyridine rings is 1. The average Bonchev–Trinajstić information content (AvgIpc) is 2.41. The molecule has 0 amide bonds. The van der Waals surface area contributed by atoms with E-state index in [4.69, 9.17) is 9.84 Å². The monoisotopic (exact) mass is 261 g/mol. The molecule has 0 spiro atoms. The van der Waals surface area contributed by atoms with E-state index in [0.29, 0.717) is 5.75 Å². The van der Waals surface area contributed by atoms with Crippen LogP contribution in [-0.2, 0) is 6.42 Å². The number of carbonyl (C=O) groups is 1. The van der Waals surface area contributed by atoms with Crippen molar-refractivity contribution in [2.24, 2.45) is 0 Å². The van der Waals surface area contributed by atoms with Crippen molar-refractivity contribution >= 4 is 5.97 Å². The molecule has 1 N–H and O–H groups in total. The van der Waals surface area contributed by atoms with E-state index in [0.717, 1.165) is 18.1 Å². The van der Waals surface area contributed by atoms with Crippen molar-refractivity contribution in [3.63, 3.8) is 0 Å². The highest BCUT2D eigenvalue weighted by Crippen LogP contribution is 2.24. The Morgan fingerprint density at radius 1 is 1.42 bits per heavy atom. The second-order valence-electron chi connectivity index (χ2n) is 3.89. The van der Waals surface area contributed by atoms with Gasteiger partial charge < -0.3 is 9.84 Å². The van der Waals surface area contributed by atoms with Gasteiger partial charge >= 0.3 is 5.97 Å². The quantitative estimate of drug-likeness (QED) is 0.917. The highest BCUT2D eigenvalue weighted by Gasteiger charge is 2.16. The normalized spacial score (nSPS) is 10.2. The zero-order valence-electron chi connectivity index (χ0n) is 10.3. The van der Waals surface area contributed by atoms with Crippen molar-refractivity contribution in [1.82, 2.24) is 4.98 Å². The van der Waals surface area contributed by atoms with Crippen molar-refractivity contribution in [3.05, 3.63) is 53.5 Å². The maximum absolute atomic E-state index is 13.8. The molecule has 2 aromatic rings. The number of nitrogens with zero attached hydrogens (tertiary/aromatic N) is 1. The molecule has 0 aliphatic rings. The van der Waals surface area contributed by atoms with Crippen LogP contribution < -0.4 is 4.74 Å². The molecule has 98 valence electrons. The number of benzene rings is 1. The Balaban J connectivity index is 2.33. The molecule has 0 unspecified atom stereocenters. The molecule has 0 saturated heterocycles. The summed E-state index contributed by atoms with van der Waals surface area (Å²) >= 11 is 0. The summed E-state index contributed by atoms with van der Waals surface area (Å²) in [6.07, 6.45) is 2.02. The first-order chi connectivity index (χ1) is 9.11. The predicted molar refractivity (Wildman–Crippen MR) is 67.0 cm³/mol. The molecule has 4 nitrogen and oxygen atoms in total. The molecule has 5 heteroatoms. The molecule has 0 fully saturated rings. The Morgan fingerprint density at radius 3 is 2.89 bits per heavy atom. The summed E-state index contributed by atoms with van der Waals surface area (Å²) < 4.78 is 19.1. The van der Waals surface area contributed by atoms with Gasteiger partial charge in [0.2, 0.25) is 0 Å². The third-order valence-electron chi connectivity index (χ3n) is 2.61. The van der Waals surface area contributed by atoms with Gasteiger partial charge in [-0.15, -0.1) is 0 Å². The van der Waals surface area contributed by atoms with Gasteiger partial charge in [0.25, 0.3) is 5.88 Å². The molecular formula is C14H12FNO3. The maximum atomic E-state index is 13.8. The fourth-order valence-corrected chi connectivity index (χ4v) is 1.60. The van der Waals surface area contributed by atoms with Crippen molar-refractivity contribution < 1.29 is 19.0 Å². The molecule has 0 aliphatic carbocycles. The Bertz CT molecular complexity index is 613. The highest BCUT2D eigenvalue weighted by molar-refractivity contribution is 5.88. The number of carboxylic acids is 1. The third-order valence-corrected chi connectivity index (χ3v) is 2.61. The molecule has 0 atom stereocenters. The van der Waals surface area contributed by atoms with Gasteiger partial charge in [0.05, 0.1) is 0 Å². The minimum atomic E-state index is -1.35. The first-order valence-electron chi connectivity index (χ1n) is 5.76. The van der Waals surface area contributed by atoms with Crippen LogP contribution in [0.5, 0.6) is 11.6 Å². The van der Waals surface area contributed by atoms with Gasteiger partial charge in [-0.3, -0.25) is 0 Å². The summed E-state index contributed by atoms with van der Waals surface area (Å²) in [5, 5.41) is 8.82. The van der Waals surface area contributed by atoms with Crippen LogP contribution in [0, 0.1) is 5.82 Å². The van der Waals surface area contributed by atoms with Gasteiger partial charge in [0.1, 0.15) is 11.3 Å². The maximum Gasteiger partial charge on any atom is 0.338 e. The summed E-state index contributed by atoms with van der Waals surface area (Å²) in [6, 6.07) is 8.21. The van der Waals surface area contributed by atoms with E-state index in [1.165, 1.54) is 6.20 Å². The lowest BCUT2D eigenvalue weighted by Gasteiger charge is -2.07. The minimum Gasteiger partial charge on any atom is -0.478 e. The second kappa shape index (κ2) is 5.48. The van der Waals surface area contributed by atoms with E-state index in [-0.39, 0.29) is 5.88 Å². The smallest absolute Gasteiger partial charge is 0.338 e. The van der Waals surface area contributed by atoms with Gasteiger partial charge in [-0.25, -0.2) is 14.2 Å². The molecule has 0 aliphatic heterocycles. The number of ether oxygens (including phenoxy) is 1. The van der Waals surface area contributed by atoms with E-state index in [2.05, 4.69) is 4.98 Å². The zero-order chi connectivity index (χ0) is 13.8. The summed E-state index contributed by atoms with van der Waals surface area (Å²) in [6.45, 7) is 1.99. The summed E-state index contributed by atoms with van der Waals surface area (Å²) in [7, 11) is 0. The average molecular weight is 261 g/mol. The van der Waals surface area contributed by atoms with Gasteiger partial charge in [0.15, 0.2) is 5.82 Å². The lowest BCUT2D eigenvalue weighted by atomic mass is 10.2. The standard InChI is InChI=1S/C14H12FNO3/c1-2-9-4-3-5-10(8-9)19-13-12(15)11(14(17)18)6-7-16-13/h3-8H,2H2,1H3,(H,17,18). The van der Waals surface area contributed by atoms with E-state index in [1.807, 2.05) is 13.0 Å². The van der Waals surface area contributed by atoms with Crippen molar-refractivity contribution in [3.8, 4) is 11.6 Å². The van der Waals surface area contributed by atoms with Crippen LogP contribution in [0.3, 0.4) is 0 Å². The molecule has 19 heavy (non-hydrogen) atoms. The lowest BCUT2D eigenvalue weighted by Crippen LogP contribution is -2.03. The fraction of sp³-hybridized carbons (Fsp3) is 0.143. The van der Waals surface area contributed by atoms with Crippen LogP contribution in [-0.4, -0.2) is 16.1 Å². The van der Waals surface area contributed by atoms with Gasteiger partial charge in [0, 0.05) is 6.20 Å². The molecule has 1 aromatic heterocycles. The lowest BCUT2D eigenvalue weighted by molar-refractivity contribution is 0.0690. The van der Waals surface area contributed by atoms with Crippen LogP contribution >= 0.6 is 0 Å². The largest absolute Gasteiger partial charge is 0.478 e. The summed E-state index contributed by atoms with van der Waals surface area (Å²) in [5.41, 5.74) is 0.573. The van der Waals surface area contributed by atoms with Crippen LogP contribution in [0.4, 0.5) is 4.39 Å². The first kappa shape index (κ1) is 13.0. The highest BCUT2D eigenvalue weighted by atomic mass is 19.1. The SMILES string of the molecule is CCc1cccc(Oc2nccc(C(=O)O)c2F)c1. The van der Waals surface area contributed by atoms with Crippen LogP contribution in [0.2, 0.25) is 0 Å². The van der Waals surface area contributed by atoms with E-state index >= 15 is 0 Å². The first-order valence-corrected chi connectivity index (χ1v) is 5.76. The number of aromatic nitrogens is 1. The molecule has 0 radical (unpaired) electrons. The van der Waals surface area contributed by atoms with Crippen LogP contribution in [0.25, 0.3) is 0 Å². The number of rotatable bonds is 4. The topological polar surface area (TPSA) is 59.4 Å². The van der Waals surface area contributed by atoms with Crippen LogP contribution in [0.1, 0.15) is 22.8 Å². The summed E-state index contributed by atoms with van der Waals surface area (Å²) in [4.78, 5) is 14.5. The van der Waals surface area contributed by atoms with Crippen molar-refractivity contribution in [2.75, 3.05) is 0 Å². The van der Waals surface area contributed by atoms with Gasteiger partial charge in [-0.05, 0) is 30.2 Å². The second-order valence-corrected chi connectivity index (χ2v) is 3.89. The molecular weight excluding hydrogens is 249 g/mol. The number of aromatic carboxylic acids is 1. The Morgan fingerprint density at radius 2 is 2.21 bits per heavy atom. The Labute approximate surface area is 109 Å². The van der Waals surface area contributed by atoms with Crippen molar-refractivity contribution in [2.45, 2.75) is 13.3 Å². The predicted octanol–water partition coefficient (Wildman–Crippen LogP) is 3.27. The van der Waals surface area contributed by atoms with E-state index in [1.54, 1.807) is 18.2 Å². The van der Waals surface area contributed by atoms with Gasteiger partial charge in [-0.2, -0.15) is 0 Å². The zero-order valence-corrected chi connectivity index (χ0v) is 10.3. The Hall–Kier alpha value is -2.43. The van der Waals surface area contributed by atoms with E-state index in [9.17, 15) is 9.18 Å². The number of hydrogen-bond donors (Lipinski definition) is 1. The molecule has 2 rings (SSSR count). The number of carboxylic acid groups (broad SMARTS) is 1. The Kier molecular flexibility index (Phi) is 3.75. The van der Waals surface area contributed by atoms with Crippen LogP contribution in [0.15, 0.2) is 36.5 Å². The number of halogens is 1. The number of aryl methyl sites for hydroxylation is 1. The molecule has 1 aromatic carbocycles. The molecule has 0 saturated carbocycles. The number of hydrogen-bond acceptors (Lipinski definition) is 3.